The Morgan fingerprint density at radius 3 is 2.47 bits per heavy atom. The molecule has 0 aliphatic heterocycles. The van der Waals surface area contributed by atoms with Gasteiger partial charge in [-0.3, -0.25) is 0 Å². The van der Waals surface area contributed by atoms with Gasteiger partial charge in [0, 0.05) is 0 Å². The van der Waals surface area contributed by atoms with E-state index in [1.165, 1.54) is 13.2 Å². The summed E-state index contributed by atoms with van der Waals surface area (Å²) in [4.78, 5) is 0. The summed E-state index contributed by atoms with van der Waals surface area (Å²) in [6, 6.07) is 9.17. The summed E-state index contributed by atoms with van der Waals surface area (Å²) in [6.07, 6.45) is 0. The summed E-state index contributed by atoms with van der Waals surface area (Å²) in [7, 11) is 7.08. The SMILES string of the molecule is [B]c1ccccc1OCc1c(OC)ccc(F)c1F. The van der Waals surface area contributed by atoms with Crippen molar-refractivity contribution < 1.29 is 18.3 Å². The summed E-state index contributed by atoms with van der Waals surface area (Å²) in [5, 5.41) is 0. The maximum Gasteiger partial charge on any atom is 0.169 e. The van der Waals surface area contributed by atoms with Gasteiger partial charge in [-0.2, -0.15) is 0 Å². The highest BCUT2D eigenvalue weighted by molar-refractivity contribution is 6.34. The lowest BCUT2D eigenvalue weighted by molar-refractivity contribution is 0.288. The van der Waals surface area contributed by atoms with Crippen molar-refractivity contribution in [2.24, 2.45) is 0 Å². The molecule has 0 bridgehead atoms. The van der Waals surface area contributed by atoms with E-state index < -0.39 is 11.6 Å². The minimum absolute atomic E-state index is 0.0192. The number of para-hydroxylation sites is 1. The van der Waals surface area contributed by atoms with Crippen LogP contribution in [0.2, 0.25) is 0 Å². The standard InChI is InChI=1S/C14H11BF2O2/c1-18-12-7-6-11(16)14(17)9(12)8-19-13-5-3-2-4-10(13)15/h2-7H,8H2,1H3. The maximum atomic E-state index is 13.7. The van der Waals surface area contributed by atoms with Crippen molar-refractivity contribution in [3.05, 3.63) is 53.6 Å². The molecule has 0 aromatic heterocycles. The predicted molar refractivity (Wildman–Crippen MR) is 69.1 cm³/mol. The van der Waals surface area contributed by atoms with E-state index in [1.54, 1.807) is 24.3 Å². The summed E-state index contributed by atoms with van der Waals surface area (Å²) in [6.45, 7) is -0.166. The molecule has 2 aromatic carbocycles. The van der Waals surface area contributed by atoms with E-state index in [4.69, 9.17) is 17.3 Å². The minimum atomic E-state index is -0.978. The third kappa shape index (κ3) is 2.87. The van der Waals surface area contributed by atoms with Crippen LogP contribution in [0.25, 0.3) is 0 Å². The molecule has 19 heavy (non-hydrogen) atoms. The van der Waals surface area contributed by atoms with Crippen molar-refractivity contribution in [1.82, 2.24) is 0 Å². The molecule has 0 atom stereocenters. The Morgan fingerprint density at radius 1 is 1.05 bits per heavy atom. The fourth-order valence-corrected chi connectivity index (χ4v) is 1.66. The smallest absolute Gasteiger partial charge is 0.169 e. The molecule has 2 aromatic rings. The lowest BCUT2D eigenvalue weighted by Gasteiger charge is -2.13. The van der Waals surface area contributed by atoms with E-state index in [1.807, 2.05) is 0 Å². The zero-order chi connectivity index (χ0) is 13.8. The third-order valence-corrected chi connectivity index (χ3v) is 2.66. The van der Waals surface area contributed by atoms with Crippen LogP contribution in [0.3, 0.4) is 0 Å². The maximum absolute atomic E-state index is 13.7. The van der Waals surface area contributed by atoms with E-state index in [0.717, 1.165) is 6.07 Å². The molecule has 0 fully saturated rings. The van der Waals surface area contributed by atoms with E-state index in [9.17, 15) is 8.78 Å². The molecule has 5 heteroatoms. The quantitative estimate of drug-likeness (QED) is 0.785. The Labute approximate surface area is 111 Å². The molecule has 0 saturated heterocycles. The van der Waals surface area contributed by atoms with Crippen molar-refractivity contribution in [2.45, 2.75) is 6.61 Å². The first-order valence-electron chi connectivity index (χ1n) is 5.61. The number of hydrogen-bond donors (Lipinski definition) is 0. The Hall–Kier alpha value is -2.04. The summed E-state index contributed by atoms with van der Waals surface area (Å²) in [5.41, 5.74) is 0.448. The van der Waals surface area contributed by atoms with Crippen molar-refractivity contribution in [1.29, 1.82) is 0 Å². The lowest BCUT2D eigenvalue weighted by Crippen LogP contribution is -2.10. The van der Waals surface area contributed by atoms with Crippen molar-refractivity contribution in [3.8, 4) is 11.5 Å². The summed E-state index contributed by atoms with van der Waals surface area (Å²) < 4.78 is 37.2. The second-order valence-electron chi connectivity index (χ2n) is 3.87. The minimum Gasteiger partial charge on any atom is -0.496 e. The Morgan fingerprint density at radius 2 is 1.79 bits per heavy atom. The van der Waals surface area contributed by atoms with Crippen LogP contribution in [-0.4, -0.2) is 15.0 Å². The fourth-order valence-electron chi connectivity index (χ4n) is 1.66. The summed E-state index contributed by atoms with van der Waals surface area (Å²) >= 11 is 0. The second kappa shape index (κ2) is 5.74. The van der Waals surface area contributed by atoms with Gasteiger partial charge in [0.15, 0.2) is 11.6 Å². The lowest BCUT2D eigenvalue weighted by atomic mass is 9.95. The van der Waals surface area contributed by atoms with Crippen LogP contribution < -0.4 is 14.9 Å². The van der Waals surface area contributed by atoms with Gasteiger partial charge in [0.1, 0.15) is 26.0 Å². The third-order valence-electron chi connectivity index (χ3n) is 2.66. The average Bonchev–Trinajstić information content (AvgIpc) is 2.42. The van der Waals surface area contributed by atoms with E-state index in [0.29, 0.717) is 11.2 Å². The van der Waals surface area contributed by atoms with Crippen LogP contribution in [-0.2, 0) is 6.61 Å². The number of hydrogen-bond acceptors (Lipinski definition) is 2. The molecule has 2 rings (SSSR count). The number of rotatable bonds is 4. The zero-order valence-electron chi connectivity index (χ0n) is 10.3. The number of methoxy groups -OCH3 is 1. The van der Waals surface area contributed by atoms with E-state index >= 15 is 0 Å². The molecule has 0 unspecified atom stereocenters. The van der Waals surface area contributed by atoms with Gasteiger partial charge in [-0.15, -0.1) is 0 Å². The molecular weight excluding hydrogens is 249 g/mol. The largest absolute Gasteiger partial charge is 0.496 e. The number of benzene rings is 2. The van der Waals surface area contributed by atoms with Gasteiger partial charge in [0.2, 0.25) is 0 Å². The molecular formula is C14H11BF2O2. The fraction of sp³-hybridized carbons (Fsp3) is 0.143. The van der Waals surface area contributed by atoms with Gasteiger partial charge in [-0.05, 0) is 18.2 Å². The first-order valence-corrected chi connectivity index (χ1v) is 5.61. The second-order valence-corrected chi connectivity index (χ2v) is 3.87. The van der Waals surface area contributed by atoms with Gasteiger partial charge in [-0.1, -0.05) is 23.7 Å². The first-order chi connectivity index (χ1) is 9.13. The monoisotopic (exact) mass is 260 g/mol. The topological polar surface area (TPSA) is 18.5 Å². The van der Waals surface area contributed by atoms with Crippen LogP contribution >= 0.6 is 0 Å². The highest BCUT2D eigenvalue weighted by atomic mass is 19.2. The van der Waals surface area contributed by atoms with Crippen molar-refractivity contribution in [3.63, 3.8) is 0 Å². The molecule has 0 aliphatic carbocycles. The highest BCUT2D eigenvalue weighted by Gasteiger charge is 2.15. The normalized spacial score (nSPS) is 10.3. The van der Waals surface area contributed by atoms with Gasteiger partial charge in [0.05, 0.1) is 12.7 Å². The van der Waals surface area contributed by atoms with E-state index in [2.05, 4.69) is 0 Å². The first kappa shape index (κ1) is 13.4. The van der Waals surface area contributed by atoms with E-state index in [-0.39, 0.29) is 17.9 Å². The molecule has 2 nitrogen and oxygen atoms in total. The van der Waals surface area contributed by atoms with Crippen molar-refractivity contribution in [2.75, 3.05) is 7.11 Å². The molecule has 96 valence electrons. The van der Waals surface area contributed by atoms with Gasteiger partial charge in [-0.25, -0.2) is 8.78 Å². The number of halogens is 2. The molecule has 0 N–H and O–H groups in total. The average molecular weight is 260 g/mol. The molecule has 0 aliphatic rings. The molecule has 0 spiro atoms. The number of ether oxygens (including phenoxy) is 2. The van der Waals surface area contributed by atoms with Crippen LogP contribution in [0.1, 0.15) is 5.56 Å². The van der Waals surface area contributed by atoms with Crippen molar-refractivity contribution >= 4 is 13.3 Å². The van der Waals surface area contributed by atoms with Crippen LogP contribution in [0.15, 0.2) is 36.4 Å². The molecule has 0 heterocycles. The molecule has 2 radical (unpaired) electrons. The Balaban J connectivity index is 2.24. The Bertz CT molecular complexity index is 588. The molecule has 0 saturated carbocycles. The van der Waals surface area contributed by atoms with Gasteiger partial charge in [0.25, 0.3) is 0 Å². The highest BCUT2D eigenvalue weighted by Crippen LogP contribution is 2.24. The summed E-state index contributed by atoms with van der Waals surface area (Å²) in [5.74, 6) is -1.28. The van der Waals surface area contributed by atoms with Crippen LogP contribution in [0, 0.1) is 11.6 Å². The predicted octanol–water partition coefficient (Wildman–Crippen LogP) is 2.35. The van der Waals surface area contributed by atoms with Gasteiger partial charge >= 0.3 is 0 Å². The zero-order valence-corrected chi connectivity index (χ0v) is 10.3. The Kier molecular flexibility index (Phi) is 4.05. The van der Waals surface area contributed by atoms with Crippen LogP contribution in [0.5, 0.6) is 11.5 Å². The van der Waals surface area contributed by atoms with Gasteiger partial charge < -0.3 is 9.47 Å². The molecule has 0 amide bonds. The van der Waals surface area contributed by atoms with Crippen LogP contribution in [0.4, 0.5) is 8.78 Å².